The van der Waals surface area contributed by atoms with Gasteiger partial charge in [0, 0.05) is 12.1 Å². The van der Waals surface area contributed by atoms with Crippen LogP contribution in [0.1, 0.15) is 34.6 Å². The van der Waals surface area contributed by atoms with Crippen LogP contribution in [0.5, 0.6) is 0 Å². The molecule has 0 saturated carbocycles. The fourth-order valence-corrected chi connectivity index (χ4v) is 3.60. The Morgan fingerprint density at radius 1 is 1.09 bits per heavy atom. The Bertz CT molecular complexity index is 1270. The molecule has 33 heavy (non-hydrogen) atoms. The van der Waals surface area contributed by atoms with E-state index in [1.165, 1.54) is 42.5 Å². The van der Waals surface area contributed by atoms with Crippen LogP contribution in [0.2, 0.25) is 5.02 Å². The SMILES string of the molecule is CC(c1ccc(-n2cncn2)cc1)N(C)C(=O)c1cnn(-c2cccc(Cl)c2)c1C(F)(F)F. The van der Waals surface area contributed by atoms with Crippen LogP contribution in [-0.2, 0) is 6.18 Å². The summed E-state index contributed by atoms with van der Waals surface area (Å²) in [5.74, 6) is -0.802. The summed E-state index contributed by atoms with van der Waals surface area (Å²) in [6.45, 7) is 1.73. The van der Waals surface area contributed by atoms with Crippen molar-refractivity contribution in [2.75, 3.05) is 7.05 Å². The summed E-state index contributed by atoms with van der Waals surface area (Å²) in [5, 5.41) is 8.14. The molecule has 0 radical (unpaired) electrons. The second-order valence-electron chi connectivity index (χ2n) is 7.32. The van der Waals surface area contributed by atoms with Crippen molar-refractivity contribution in [1.29, 1.82) is 0 Å². The predicted molar refractivity (Wildman–Crippen MR) is 115 cm³/mol. The highest BCUT2D eigenvalue weighted by molar-refractivity contribution is 6.30. The maximum absolute atomic E-state index is 14.0. The first-order valence-corrected chi connectivity index (χ1v) is 10.2. The van der Waals surface area contributed by atoms with Crippen molar-refractivity contribution in [1.82, 2.24) is 29.4 Å². The molecule has 4 rings (SSSR count). The van der Waals surface area contributed by atoms with E-state index in [0.29, 0.717) is 4.68 Å². The fraction of sp³-hybridized carbons (Fsp3) is 0.182. The van der Waals surface area contributed by atoms with Gasteiger partial charge < -0.3 is 4.90 Å². The van der Waals surface area contributed by atoms with Crippen LogP contribution in [0.25, 0.3) is 11.4 Å². The topological polar surface area (TPSA) is 68.8 Å². The van der Waals surface area contributed by atoms with E-state index >= 15 is 0 Å². The molecule has 0 bridgehead atoms. The number of amides is 1. The summed E-state index contributed by atoms with van der Waals surface area (Å²) >= 11 is 5.93. The highest BCUT2D eigenvalue weighted by atomic mass is 35.5. The standard InChI is InChI=1S/C22H18ClF3N6O/c1-14(15-6-8-17(9-7-15)31-13-27-12-29-31)30(2)21(33)19-11-28-32(20(19)22(24,25)26)18-5-3-4-16(23)10-18/h3-14H,1-2H3. The van der Waals surface area contributed by atoms with E-state index in [1.807, 2.05) is 0 Å². The Labute approximate surface area is 192 Å². The Kier molecular flexibility index (Phi) is 5.94. The van der Waals surface area contributed by atoms with Gasteiger partial charge in [-0.2, -0.15) is 23.4 Å². The average molecular weight is 475 g/mol. The molecule has 7 nitrogen and oxygen atoms in total. The smallest absolute Gasteiger partial charge is 0.335 e. The summed E-state index contributed by atoms with van der Waals surface area (Å²) < 4.78 is 44.2. The molecule has 1 unspecified atom stereocenters. The van der Waals surface area contributed by atoms with Crippen molar-refractivity contribution in [2.45, 2.75) is 19.1 Å². The van der Waals surface area contributed by atoms with E-state index in [4.69, 9.17) is 11.6 Å². The lowest BCUT2D eigenvalue weighted by atomic mass is 10.1. The first-order valence-electron chi connectivity index (χ1n) is 9.80. The van der Waals surface area contributed by atoms with E-state index < -0.39 is 29.4 Å². The second kappa shape index (κ2) is 8.70. The summed E-state index contributed by atoms with van der Waals surface area (Å²) in [5.41, 5.74) is -0.0928. The van der Waals surface area contributed by atoms with Gasteiger partial charge in [-0.05, 0) is 42.8 Å². The van der Waals surface area contributed by atoms with E-state index in [1.54, 1.807) is 42.2 Å². The quantitative estimate of drug-likeness (QED) is 0.410. The van der Waals surface area contributed by atoms with Crippen LogP contribution in [0.15, 0.2) is 67.4 Å². The molecule has 0 spiro atoms. The molecule has 2 aromatic heterocycles. The summed E-state index contributed by atoms with van der Waals surface area (Å²) in [6, 6.07) is 12.5. The highest BCUT2D eigenvalue weighted by Gasteiger charge is 2.41. The van der Waals surface area contributed by atoms with Gasteiger partial charge in [0.05, 0.1) is 29.2 Å². The molecule has 0 aliphatic heterocycles. The van der Waals surface area contributed by atoms with Crippen molar-refractivity contribution in [3.05, 3.63) is 89.2 Å². The summed E-state index contributed by atoms with van der Waals surface area (Å²) in [7, 11) is 1.45. The molecule has 0 N–H and O–H groups in total. The van der Waals surface area contributed by atoms with E-state index in [9.17, 15) is 18.0 Å². The summed E-state index contributed by atoms with van der Waals surface area (Å²) in [4.78, 5) is 18.3. The van der Waals surface area contributed by atoms with E-state index in [-0.39, 0.29) is 10.7 Å². The van der Waals surface area contributed by atoms with Gasteiger partial charge in [-0.3, -0.25) is 4.79 Å². The van der Waals surface area contributed by atoms with Crippen molar-refractivity contribution in [3.8, 4) is 11.4 Å². The number of halogens is 4. The van der Waals surface area contributed by atoms with Crippen LogP contribution < -0.4 is 0 Å². The van der Waals surface area contributed by atoms with Crippen molar-refractivity contribution in [2.24, 2.45) is 0 Å². The molecule has 170 valence electrons. The van der Waals surface area contributed by atoms with Crippen molar-refractivity contribution < 1.29 is 18.0 Å². The number of carbonyl (C=O) groups excluding carboxylic acids is 1. The number of carbonyl (C=O) groups is 1. The number of hydrogen-bond acceptors (Lipinski definition) is 4. The lowest BCUT2D eigenvalue weighted by Crippen LogP contribution is -2.31. The molecule has 1 amide bonds. The van der Waals surface area contributed by atoms with Gasteiger partial charge in [0.1, 0.15) is 12.7 Å². The zero-order chi connectivity index (χ0) is 23.8. The first-order chi connectivity index (χ1) is 15.7. The minimum Gasteiger partial charge on any atom is -0.335 e. The molecule has 4 aromatic rings. The molecule has 0 aliphatic rings. The van der Waals surface area contributed by atoms with Crippen LogP contribution in [-0.4, -0.2) is 42.4 Å². The number of benzene rings is 2. The molecule has 2 aromatic carbocycles. The minimum absolute atomic E-state index is 0.105. The zero-order valence-corrected chi connectivity index (χ0v) is 18.3. The van der Waals surface area contributed by atoms with Crippen LogP contribution in [0.4, 0.5) is 13.2 Å². The number of hydrogen-bond donors (Lipinski definition) is 0. The minimum atomic E-state index is -4.81. The number of aromatic nitrogens is 5. The Balaban J connectivity index is 1.64. The predicted octanol–water partition coefficient (Wildman–Crippen LogP) is 4.96. The molecule has 2 heterocycles. The second-order valence-corrected chi connectivity index (χ2v) is 7.76. The molecule has 11 heteroatoms. The first kappa shape index (κ1) is 22.5. The van der Waals surface area contributed by atoms with Gasteiger partial charge in [-0.15, -0.1) is 0 Å². The third-order valence-corrected chi connectivity index (χ3v) is 5.52. The molecular formula is C22H18ClF3N6O. The normalized spacial score (nSPS) is 12.5. The third-order valence-electron chi connectivity index (χ3n) is 5.28. The van der Waals surface area contributed by atoms with Crippen LogP contribution >= 0.6 is 11.6 Å². The third kappa shape index (κ3) is 4.47. The van der Waals surface area contributed by atoms with Gasteiger partial charge >= 0.3 is 6.18 Å². The largest absolute Gasteiger partial charge is 0.434 e. The molecule has 0 fully saturated rings. The lowest BCUT2D eigenvalue weighted by Gasteiger charge is -2.26. The molecule has 0 saturated heterocycles. The fourth-order valence-electron chi connectivity index (χ4n) is 3.42. The number of rotatable bonds is 5. The molecule has 0 aliphatic carbocycles. The van der Waals surface area contributed by atoms with Crippen molar-refractivity contribution >= 4 is 17.5 Å². The van der Waals surface area contributed by atoms with Gasteiger partial charge in [0.2, 0.25) is 0 Å². The molecular weight excluding hydrogens is 457 g/mol. The van der Waals surface area contributed by atoms with Gasteiger partial charge in [0.15, 0.2) is 5.69 Å². The number of alkyl halides is 3. The van der Waals surface area contributed by atoms with Crippen LogP contribution in [0.3, 0.4) is 0 Å². The monoisotopic (exact) mass is 474 g/mol. The zero-order valence-electron chi connectivity index (χ0n) is 17.5. The Hall–Kier alpha value is -3.66. The average Bonchev–Trinajstić information content (AvgIpc) is 3.48. The van der Waals surface area contributed by atoms with Crippen molar-refractivity contribution in [3.63, 3.8) is 0 Å². The Morgan fingerprint density at radius 3 is 2.42 bits per heavy atom. The maximum Gasteiger partial charge on any atom is 0.434 e. The molecule has 1 atom stereocenters. The van der Waals surface area contributed by atoms with Gasteiger partial charge in [-0.1, -0.05) is 29.8 Å². The number of nitrogens with zero attached hydrogens (tertiary/aromatic N) is 6. The maximum atomic E-state index is 14.0. The van der Waals surface area contributed by atoms with Gasteiger partial charge in [-0.25, -0.2) is 14.3 Å². The van der Waals surface area contributed by atoms with E-state index in [2.05, 4.69) is 15.2 Å². The van der Waals surface area contributed by atoms with Gasteiger partial charge in [0.25, 0.3) is 5.91 Å². The lowest BCUT2D eigenvalue weighted by molar-refractivity contribution is -0.143. The summed E-state index contributed by atoms with van der Waals surface area (Å²) in [6.07, 6.45) is -0.925. The highest BCUT2D eigenvalue weighted by Crippen LogP contribution is 2.35. The van der Waals surface area contributed by atoms with E-state index in [0.717, 1.165) is 17.4 Å². The Morgan fingerprint density at radius 2 is 1.82 bits per heavy atom. The van der Waals surface area contributed by atoms with Crippen LogP contribution in [0, 0.1) is 0 Å².